The number of fused-ring (bicyclic) bond motifs is 1. The van der Waals surface area contributed by atoms with Crippen molar-refractivity contribution in [1.29, 1.82) is 0 Å². The Morgan fingerprint density at radius 2 is 2.18 bits per heavy atom. The van der Waals surface area contributed by atoms with E-state index in [1.54, 1.807) is 0 Å². The standard InChI is InChI=1S/C18H26N2O2/c1-13-9-15-6-2-3-8-17(15)20(13)11-14-5-4-7-16(10-14)22-12-18(19)21/h4-5,7,10,13,15,17H,2-3,6,8-9,11-12H2,1H3,(H2,19,21)/t13-,15+,17-/m0/s1. The number of amides is 1. The van der Waals surface area contributed by atoms with Crippen LogP contribution in [0, 0.1) is 5.92 Å². The molecule has 2 aliphatic rings. The van der Waals surface area contributed by atoms with E-state index < -0.39 is 5.91 Å². The minimum absolute atomic E-state index is 0.0612. The van der Waals surface area contributed by atoms with Gasteiger partial charge in [0.05, 0.1) is 0 Å². The van der Waals surface area contributed by atoms with Gasteiger partial charge in [0, 0.05) is 18.6 Å². The van der Waals surface area contributed by atoms with Crippen LogP contribution in [0.15, 0.2) is 24.3 Å². The number of ether oxygens (including phenoxy) is 1. The summed E-state index contributed by atoms with van der Waals surface area (Å²) in [5.41, 5.74) is 6.38. The van der Waals surface area contributed by atoms with Gasteiger partial charge in [-0.3, -0.25) is 9.69 Å². The smallest absolute Gasteiger partial charge is 0.255 e. The molecule has 1 saturated heterocycles. The number of rotatable bonds is 5. The summed E-state index contributed by atoms with van der Waals surface area (Å²) in [6, 6.07) is 9.45. The molecule has 2 fully saturated rings. The van der Waals surface area contributed by atoms with E-state index in [1.165, 1.54) is 37.7 Å². The maximum Gasteiger partial charge on any atom is 0.255 e. The van der Waals surface area contributed by atoms with Crippen molar-refractivity contribution in [3.8, 4) is 5.75 Å². The van der Waals surface area contributed by atoms with Gasteiger partial charge in [0.1, 0.15) is 5.75 Å². The Kier molecular flexibility index (Phi) is 4.67. The molecule has 0 unspecified atom stereocenters. The van der Waals surface area contributed by atoms with Gasteiger partial charge in [-0.25, -0.2) is 0 Å². The summed E-state index contributed by atoms with van der Waals surface area (Å²) in [5, 5.41) is 0. The van der Waals surface area contributed by atoms with E-state index >= 15 is 0 Å². The lowest BCUT2D eigenvalue weighted by Crippen LogP contribution is -2.37. The van der Waals surface area contributed by atoms with Crippen molar-refractivity contribution in [3.05, 3.63) is 29.8 Å². The molecule has 1 aliphatic heterocycles. The van der Waals surface area contributed by atoms with Crippen LogP contribution >= 0.6 is 0 Å². The van der Waals surface area contributed by atoms with Gasteiger partial charge in [-0.15, -0.1) is 0 Å². The third kappa shape index (κ3) is 3.43. The number of primary amides is 1. The van der Waals surface area contributed by atoms with Crippen molar-refractivity contribution in [2.45, 2.75) is 57.7 Å². The molecule has 22 heavy (non-hydrogen) atoms. The third-order valence-corrected chi connectivity index (χ3v) is 5.15. The number of nitrogens with two attached hydrogens (primary N) is 1. The van der Waals surface area contributed by atoms with Crippen molar-refractivity contribution in [3.63, 3.8) is 0 Å². The van der Waals surface area contributed by atoms with Crippen LogP contribution < -0.4 is 10.5 Å². The van der Waals surface area contributed by atoms with Gasteiger partial charge >= 0.3 is 0 Å². The number of hydrogen-bond donors (Lipinski definition) is 1. The lowest BCUT2D eigenvalue weighted by Gasteiger charge is -2.33. The van der Waals surface area contributed by atoms with Crippen molar-refractivity contribution in [1.82, 2.24) is 4.90 Å². The van der Waals surface area contributed by atoms with Gasteiger partial charge in [0.25, 0.3) is 5.91 Å². The molecule has 1 aromatic rings. The molecule has 1 amide bonds. The highest BCUT2D eigenvalue weighted by Gasteiger charge is 2.39. The molecule has 1 saturated carbocycles. The van der Waals surface area contributed by atoms with Crippen LogP contribution in [0.4, 0.5) is 0 Å². The van der Waals surface area contributed by atoms with Crippen LogP contribution in [-0.2, 0) is 11.3 Å². The Morgan fingerprint density at radius 3 is 3.00 bits per heavy atom. The summed E-state index contributed by atoms with van der Waals surface area (Å²) in [4.78, 5) is 13.5. The quantitative estimate of drug-likeness (QED) is 0.910. The molecular weight excluding hydrogens is 276 g/mol. The fraction of sp³-hybridized carbons (Fsp3) is 0.611. The largest absolute Gasteiger partial charge is 0.484 e. The van der Waals surface area contributed by atoms with E-state index in [2.05, 4.69) is 17.9 Å². The summed E-state index contributed by atoms with van der Waals surface area (Å²) in [5.74, 6) is 1.17. The third-order valence-electron chi connectivity index (χ3n) is 5.15. The van der Waals surface area contributed by atoms with Gasteiger partial charge in [-0.05, 0) is 49.8 Å². The van der Waals surface area contributed by atoms with Gasteiger partial charge < -0.3 is 10.5 Å². The van der Waals surface area contributed by atoms with Crippen molar-refractivity contribution in [2.75, 3.05) is 6.61 Å². The van der Waals surface area contributed by atoms with Crippen molar-refractivity contribution in [2.24, 2.45) is 11.7 Å². The summed E-state index contributed by atoms with van der Waals surface area (Å²) in [6.07, 6.45) is 6.84. The van der Waals surface area contributed by atoms with E-state index in [0.29, 0.717) is 6.04 Å². The highest BCUT2D eigenvalue weighted by Crippen LogP contribution is 2.40. The van der Waals surface area contributed by atoms with Crippen molar-refractivity contribution >= 4 is 5.91 Å². The highest BCUT2D eigenvalue weighted by molar-refractivity contribution is 5.75. The second-order valence-electron chi connectivity index (χ2n) is 6.77. The molecule has 1 heterocycles. The number of nitrogens with zero attached hydrogens (tertiary/aromatic N) is 1. The van der Waals surface area contributed by atoms with E-state index in [4.69, 9.17) is 10.5 Å². The maximum atomic E-state index is 10.8. The Bertz CT molecular complexity index is 532. The zero-order chi connectivity index (χ0) is 15.5. The molecule has 1 aliphatic carbocycles. The van der Waals surface area contributed by atoms with Crippen LogP contribution in [0.1, 0.15) is 44.6 Å². The first-order valence-corrected chi connectivity index (χ1v) is 8.39. The van der Waals surface area contributed by atoms with Crippen LogP contribution in [0.5, 0.6) is 5.75 Å². The minimum Gasteiger partial charge on any atom is -0.484 e. The lowest BCUT2D eigenvalue weighted by atomic mass is 9.85. The average molecular weight is 302 g/mol. The second kappa shape index (κ2) is 6.69. The molecule has 4 heteroatoms. The van der Waals surface area contributed by atoms with Gasteiger partial charge in [-0.1, -0.05) is 25.0 Å². The number of benzene rings is 1. The molecule has 120 valence electrons. The topological polar surface area (TPSA) is 55.6 Å². The minimum atomic E-state index is -0.441. The van der Waals surface area contributed by atoms with Crippen LogP contribution in [-0.4, -0.2) is 29.5 Å². The fourth-order valence-corrected chi connectivity index (χ4v) is 4.17. The first-order valence-electron chi connectivity index (χ1n) is 8.39. The molecule has 0 radical (unpaired) electrons. The summed E-state index contributed by atoms with van der Waals surface area (Å²) < 4.78 is 5.41. The van der Waals surface area contributed by atoms with Crippen molar-refractivity contribution < 1.29 is 9.53 Å². The summed E-state index contributed by atoms with van der Waals surface area (Å²) in [7, 11) is 0. The number of carbonyl (C=O) groups is 1. The van der Waals surface area contributed by atoms with Gasteiger partial charge in [0.2, 0.25) is 0 Å². The number of hydrogen-bond acceptors (Lipinski definition) is 3. The normalized spacial score (nSPS) is 28.3. The second-order valence-corrected chi connectivity index (χ2v) is 6.77. The first-order chi connectivity index (χ1) is 10.6. The van der Waals surface area contributed by atoms with E-state index in [9.17, 15) is 4.79 Å². The van der Waals surface area contributed by atoms with E-state index in [-0.39, 0.29) is 6.61 Å². The van der Waals surface area contributed by atoms with Crippen LogP contribution in [0.3, 0.4) is 0 Å². The Morgan fingerprint density at radius 1 is 1.36 bits per heavy atom. The summed E-state index contributed by atoms with van der Waals surface area (Å²) >= 11 is 0. The van der Waals surface area contributed by atoms with E-state index in [0.717, 1.165) is 24.3 Å². The van der Waals surface area contributed by atoms with E-state index in [1.807, 2.05) is 18.2 Å². The highest BCUT2D eigenvalue weighted by atomic mass is 16.5. The molecule has 0 bridgehead atoms. The van der Waals surface area contributed by atoms with Gasteiger partial charge in [-0.2, -0.15) is 0 Å². The zero-order valence-corrected chi connectivity index (χ0v) is 13.3. The van der Waals surface area contributed by atoms with Crippen LogP contribution in [0.2, 0.25) is 0 Å². The predicted molar refractivity (Wildman–Crippen MR) is 86.5 cm³/mol. The van der Waals surface area contributed by atoms with Crippen LogP contribution in [0.25, 0.3) is 0 Å². The first kappa shape index (κ1) is 15.3. The number of carbonyl (C=O) groups excluding carboxylic acids is 1. The monoisotopic (exact) mass is 302 g/mol. The average Bonchev–Trinajstić information content (AvgIpc) is 2.82. The molecule has 1 aromatic carbocycles. The predicted octanol–water partition coefficient (Wildman–Crippen LogP) is 2.70. The number of likely N-dealkylation sites (tertiary alicyclic amines) is 1. The fourth-order valence-electron chi connectivity index (χ4n) is 4.17. The Balaban J connectivity index is 1.67. The Hall–Kier alpha value is -1.55. The SMILES string of the molecule is C[C@H]1C[C@H]2CCCC[C@@H]2N1Cc1cccc(OCC(N)=O)c1. The maximum absolute atomic E-state index is 10.8. The Labute approximate surface area is 132 Å². The molecule has 3 rings (SSSR count). The molecule has 4 nitrogen and oxygen atoms in total. The van der Waals surface area contributed by atoms with Gasteiger partial charge in [0.15, 0.2) is 6.61 Å². The molecule has 0 spiro atoms. The summed E-state index contributed by atoms with van der Waals surface area (Å²) in [6.45, 7) is 3.26. The zero-order valence-electron chi connectivity index (χ0n) is 13.3. The lowest BCUT2D eigenvalue weighted by molar-refractivity contribution is -0.119. The molecule has 2 N–H and O–H groups in total. The molecule has 3 atom stereocenters. The molecule has 0 aromatic heterocycles. The molecular formula is C18H26N2O2.